The zero-order valence-electron chi connectivity index (χ0n) is 11.8. The molecule has 1 aromatic carbocycles. The molecule has 1 aliphatic rings. The maximum atomic E-state index is 11.9. The molecule has 21 heavy (non-hydrogen) atoms. The van der Waals surface area contributed by atoms with Gasteiger partial charge in [0.25, 0.3) is 0 Å². The van der Waals surface area contributed by atoms with Crippen LogP contribution in [0.5, 0.6) is 5.75 Å². The molecule has 4 heteroatoms. The summed E-state index contributed by atoms with van der Waals surface area (Å²) in [7, 11) is 0. The van der Waals surface area contributed by atoms with Crippen LogP contribution in [0.25, 0.3) is 0 Å². The lowest BCUT2D eigenvalue weighted by molar-refractivity contribution is -0.121. The largest absolute Gasteiger partial charge is 0.494 e. The van der Waals surface area contributed by atoms with E-state index in [2.05, 4.69) is 22.8 Å². The number of rotatable bonds is 7. The van der Waals surface area contributed by atoms with Crippen molar-refractivity contribution in [3.8, 4) is 5.75 Å². The van der Waals surface area contributed by atoms with Crippen molar-refractivity contribution in [1.82, 2.24) is 5.32 Å². The number of hydrogen-bond acceptors (Lipinski definition) is 3. The molecule has 1 amide bonds. The fraction of sp³-hybridized carbons (Fsp3) is 0.353. The van der Waals surface area contributed by atoms with Gasteiger partial charge in [0.2, 0.25) is 5.91 Å². The monoisotopic (exact) mass is 301 g/mol. The lowest BCUT2D eigenvalue weighted by atomic mass is 10.3. The third-order valence-corrected chi connectivity index (χ3v) is 4.61. The van der Waals surface area contributed by atoms with E-state index in [0.717, 1.165) is 18.6 Å². The van der Waals surface area contributed by atoms with Gasteiger partial charge in [-0.3, -0.25) is 4.79 Å². The summed E-state index contributed by atoms with van der Waals surface area (Å²) in [5.74, 6) is 1.53. The van der Waals surface area contributed by atoms with Gasteiger partial charge in [0.05, 0.1) is 6.61 Å². The van der Waals surface area contributed by atoms with E-state index in [0.29, 0.717) is 25.0 Å². The number of nitrogens with one attached hydrogen (secondary N) is 1. The molecule has 0 aliphatic heterocycles. The van der Waals surface area contributed by atoms with Crippen LogP contribution in [-0.2, 0) is 4.79 Å². The highest BCUT2D eigenvalue weighted by Crippen LogP contribution is 2.42. The predicted molar refractivity (Wildman–Crippen MR) is 84.8 cm³/mol. The van der Waals surface area contributed by atoms with Crippen molar-refractivity contribution in [3.05, 3.63) is 52.7 Å². The Labute approximate surface area is 129 Å². The van der Waals surface area contributed by atoms with E-state index in [4.69, 9.17) is 4.74 Å². The van der Waals surface area contributed by atoms with Gasteiger partial charge in [-0.15, -0.1) is 11.3 Å². The Morgan fingerprint density at radius 3 is 2.86 bits per heavy atom. The summed E-state index contributed by atoms with van der Waals surface area (Å²) in [4.78, 5) is 13.2. The lowest BCUT2D eigenvalue weighted by Crippen LogP contribution is -2.26. The third-order valence-electron chi connectivity index (χ3n) is 3.61. The molecule has 1 saturated carbocycles. The number of amides is 1. The fourth-order valence-corrected chi connectivity index (χ4v) is 3.30. The molecule has 0 saturated heterocycles. The molecule has 2 atom stereocenters. The summed E-state index contributed by atoms with van der Waals surface area (Å²) in [5.41, 5.74) is 0. The Hall–Kier alpha value is -1.81. The van der Waals surface area contributed by atoms with Crippen LogP contribution in [0.3, 0.4) is 0 Å². The number of hydrogen-bond donors (Lipinski definition) is 1. The number of para-hydroxylation sites is 1. The standard InChI is InChI=1S/C17H19NO2S/c19-17(9-4-10-20-13-6-2-1-3-7-13)18-15-12-14(15)16-8-5-11-21-16/h1-3,5-8,11,14-15H,4,9-10,12H2,(H,18,19). The molecule has 1 N–H and O–H groups in total. The van der Waals surface area contributed by atoms with E-state index >= 15 is 0 Å². The molecular formula is C17H19NO2S. The molecule has 3 nitrogen and oxygen atoms in total. The van der Waals surface area contributed by atoms with E-state index in [1.54, 1.807) is 11.3 Å². The zero-order valence-corrected chi connectivity index (χ0v) is 12.6. The minimum atomic E-state index is 0.135. The molecule has 0 spiro atoms. The van der Waals surface area contributed by atoms with Gasteiger partial charge in [-0.2, -0.15) is 0 Å². The van der Waals surface area contributed by atoms with E-state index in [-0.39, 0.29) is 5.91 Å². The van der Waals surface area contributed by atoms with Crippen LogP contribution in [0.4, 0.5) is 0 Å². The number of ether oxygens (including phenoxy) is 1. The Morgan fingerprint density at radius 2 is 2.10 bits per heavy atom. The van der Waals surface area contributed by atoms with Crippen LogP contribution in [0.1, 0.15) is 30.1 Å². The number of carbonyl (C=O) groups is 1. The molecule has 1 fully saturated rings. The number of carbonyl (C=O) groups excluding carboxylic acids is 1. The highest BCUT2D eigenvalue weighted by Gasteiger charge is 2.39. The van der Waals surface area contributed by atoms with E-state index in [1.807, 2.05) is 30.3 Å². The Morgan fingerprint density at radius 1 is 1.24 bits per heavy atom. The minimum Gasteiger partial charge on any atom is -0.494 e. The highest BCUT2D eigenvalue weighted by atomic mass is 32.1. The number of benzene rings is 1. The van der Waals surface area contributed by atoms with Crippen LogP contribution >= 0.6 is 11.3 Å². The normalized spacial score (nSPS) is 20.0. The Bertz CT molecular complexity index is 568. The molecule has 1 aliphatic carbocycles. The predicted octanol–water partition coefficient (Wildman–Crippen LogP) is 3.58. The van der Waals surface area contributed by atoms with Crippen molar-refractivity contribution < 1.29 is 9.53 Å². The summed E-state index contributed by atoms with van der Waals surface area (Å²) in [6, 6.07) is 14.3. The van der Waals surface area contributed by atoms with Crippen molar-refractivity contribution >= 4 is 17.2 Å². The van der Waals surface area contributed by atoms with Gasteiger partial charge in [0, 0.05) is 23.3 Å². The smallest absolute Gasteiger partial charge is 0.220 e. The van der Waals surface area contributed by atoms with Crippen molar-refractivity contribution in [3.63, 3.8) is 0 Å². The molecular weight excluding hydrogens is 282 g/mol. The summed E-state index contributed by atoms with van der Waals surface area (Å²) in [6.07, 6.45) is 2.35. The van der Waals surface area contributed by atoms with Crippen LogP contribution in [0.2, 0.25) is 0 Å². The Kier molecular flexibility index (Phi) is 4.55. The summed E-state index contributed by atoms with van der Waals surface area (Å²) >= 11 is 1.77. The van der Waals surface area contributed by atoms with Crippen LogP contribution in [0, 0.1) is 0 Å². The van der Waals surface area contributed by atoms with Gasteiger partial charge in [-0.05, 0) is 36.4 Å². The molecule has 2 aromatic rings. The van der Waals surface area contributed by atoms with Crippen molar-refractivity contribution in [2.75, 3.05) is 6.61 Å². The number of thiophene rings is 1. The van der Waals surface area contributed by atoms with E-state index in [1.165, 1.54) is 4.88 Å². The van der Waals surface area contributed by atoms with Crippen LogP contribution in [0.15, 0.2) is 47.8 Å². The molecule has 3 rings (SSSR count). The van der Waals surface area contributed by atoms with E-state index in [9.17, 15) is 4.79 Å². The van der Waals surface area contributed by atoms with Crippen molar-refractivity contribution in [2.45, 2.75) is 31.2 Å². The maximum absolute atomic E-state index is 11.9. The first-order valence-corrected chi connectivity index (χ1v) is 8.21. The maximum Gasteiger partial charge on any atom is 0.220 e. The summed E-state index contributed by atoms with van der Waals surface area (Å²) in [6.45, 7) is 0.580. The SMILES string of the molecule is O=C(CCCOc1ccccc1)NC1CC1c1cccs1. The van der Waals surface area contributed by atoms with Gasteiger partial charge in [0.1, 0.15) is 5.75 Å². The molecule has 1 heterocycles. The first-order valence-electron chi connectivity index (χ1n) is 7.33. The molecule has 2 unspecified atom stereocenters. The summed E-state index contributed by atoms with van der Waals surface area (Å²) in [5, 5.41) is 5.19. The zero-order chi connectivity index (χ0) is 14.5. The molecule has 110 valence electrons. The van der Waals surface area contributed by atoms with Gasteiger partial charge in [0.15, 0.2) is 0 Å². The average Bonchev–Trinajstić information content (AvgIpc) is 3.05. The van der Waals surface area contributed by atoms with Gasteiger partial charge < -0.3 is 10.1 Å². The minimum absolute atomic E-state index is 0.135. The second kappa shape index (κ2) is 6.76. The van der Waals surface area contributed by atoms with Crippen molar-refractivity contribution in [1.29, 1.82) is 0 Å². The average molecular weight is 301 g/mol. The van der Waals surface area contributed by atoms with Crippen LogP contribution < -0.4 is 10.1 Å². The van der Waals surface area contributed by atoms with Crippen molar-refractivity contribution in [2.24, 2.45) is 0 Å². The van der Waals surface area contributed by atoms with Gasteiger partial charge in [-0.1, -0.05) is 24.3 Å². The first kappa shape index (κ1) is 14.1. The first-order chi connectivity index (χ1) is 10.3. The topological polar surface area (TPSA) is 38.3 Å². The highest BCUT2D eigenvalue weighted by molar-refractivity contribution is 7.10. The second-order valence-electron chi connectivity index (χ2n) is 5.30. The molecule has 0 bridgehead atoms. The second-order valence-corrected chi connectivity index (χ2v) is 6.28. The van der Waals surface area contributed by atoms with Gasteiger partial charge >= 0.3 is 0 Å². The lowest BCUT2D eigenvalue weighted by Gasteiger charge is -2.06. The van der Waals surface area contributed by atoms with E-state index < -0.39 is 0 Å². The quantitative estimate of drug-likeness (QED) is 0.794. The molecule has 0 radical (unpaired) electrons. The fourth-order valence-electron chi connectivity index (χ4n) is 2.39. The van der Waals surface area contributed by atoms with Gasteiger partial charge in [-0.25, -0.2) is 0 Å². The van der Waals surface area contributed by atoms with Crippen LogP contribution in [-0.4, -0.2) is 18.6 Å². The third kappa shape index (κ3) is 4.08. The summed E-state index contributed by atoms with van der Waals surface area (Å²) < 4.78 is 5.58. The Balaban J connectivity index is 1.31. The molecule has 1 aromatic heterocycles.